The van der Waals surface area contributed by atoms with Crippen molar-refractivity contribution in [1.82, 2.24) is 9.88 Å². The topological polar surface area (TPSA) is 71.5 Å². The Morgan fingerprint density at radius 3 is 2.81 bits per heavy atom. The number of aromatic nitrogens is 1. The van der Waals surface area contributed by atoms with Crippen LogP contribution in [0, 0.1) is 12.8 Å². The van der Waals surface area contributed by atoms with E-state index in [4.69, 9.17) is 4.74 Å². The number of nitrogens with zero attached hydrogens (tertiary/aromatic N) is 2. The molecule has 1 fully saturated rings. The standard InChI is InChI=1S/C19H31N3O3S/c1-3-25-12-6-11-22(18(24)10-9-16-7-4-5-8-16)13-17(23)21-19-20-15(2)14-26-19/h14,16H,3-13H2,1-2H3,(H,20,21,23). The van der Waals surface area contributed by atoms with Gasteiger partial charge in [-0.05, 0) is 32.6 Å². The van der Waals surface area contributed by atoms with Gasteiger partial charge in [-0.3, -0.25) is 9.59 Å². The van der Waals surface area contributed by atoms with Crippen LogP contribution in [0.3, 0.4) is 0 Å². The lowest BCUT2D eigenvalue weighted by Gasteiger charge is -2.22. The molecule has 1 N–H and O–H groups in total. The van der Waals surface area contributed by atoms with E-state index < -0.39 is 0 Å². The second-order valence-electron chi connectivity index (χ2n) is 6.90. The van der Waals surface area contributed by atoms with Crippen molar-refractivity contribution in [2.75, 3.05) is 31.6 Å². The minimum Gasteiger partial charge on any atom is -0.382 e. The first kappa shape index (κ1) is 20.8. The van der Waals surface area contributed by atoms with E-state index >= 15 is 0 Å². The summed E-state index contributed by atoms with van der Waals surface area (Å²) < 4.78 is 5.36. The molecular weight excluding hydrogens is 350 g/mol. The van der Waals surface area contributed by atoms with Gasteiger partial charge in [-0.1, -0.05) is 25.7 Å². The Kier molecular flexibility index (Phi) is 9.05. The molecule has 1 aliphatic rings. The Labute approximate surface area is 160 Å². The predicted molar refractivity (Wildman–Crippen MR) is 104 cm³/mol. The van der Waals surface area contributed by atoms with E-state index in [2.05, 4.69) is 10.3 Å². The first-order valence-corrected chi connectivity index (χ1v) is 10.5. The number of hydrogen-bond donors (Lipinski definition) is 1. The molecular formula is C19H31N3O3S. The fourth-order valence-electron chi connectivity index (χ4n) is 3.32. The van der Waals surface area contributed by atoms with Crippen molar-refractivity contribution in [3.05, 3.63) is 11.1 Å². The van der Waals surface area contributed by atoms with Crippen molar-refractivity contribution in [2.45, 2.75) is 58.8 Å². The van der Waals surface area contributed by atoms with Crippen LogP contribution >= 0.6 is 11.3 Å². The molecule has 1 aliphatic carbocycles. The third-order valence-electron chi connectivity index (χ3n) is 4.71. The van der Waals surface area contributed by atoms with Crippen LogP contribution < -0.4 is 5.32 Å². The molecule has 0 saturated heterocycles. The molecule has 1 aromatic rings. The van der Waals surface area contributed by atoms with Gasteiger partial charge in [0.05, 0.1) is 12.2 Å². The highest BCUT2D eigenvalue weighted by atomic mass is 32.1. The van der Waals surface area contributed by atoms with Crippen LogP contribution in [0.25, 0.3) is 0 Å². The lowest BCUT2D eigenvalue weighted by atomic mass is 10.0. The summed E-state index contributed by atoms with van der Waals surface area (Å²) in [7, 11) is 0. The Balaban J connectivity index is 1.83. The van der Waals surface area contributed by atoms with Gasteiger partial charge in [0.15, 0.2) is 5.13 Å². The van der Waals surface area contributed by atoms with Crippen molar-refractivity contribution in [1.29, 1.82) is 0 Å². The summed E-state index contributed by atoms with van der Waals surface area (Å²) in [4.78, 5) is 30.9. The number of carbonyl (C=O) groups excluding carboxylic acids is 2. The SMILES string of the molecule is CCOCCCN(CC(=O)Nc1nc(C)cs1)C(=O)CCC1CCCC1. The van der Waals surface area contributed by atoms with E-state index in [0.717, 1.165) is 18.5 Å². The van der Waals surface area contributed by atoms with E-state index in [1.807, 2.05) is 19.2 Å². The fraction of sp³-hybridized carbons (Fsp3) is 0.737. The molecule has 0 aliphatic heterocycles. The number of anilines is 1. The number of carbonyl (C=O) groups is 2. The predicted octanol–water partition coefficient (Wildman–Crippen LogP) is 3.62. The van der Waals surface area contributed by atoms with Crippen LogP contribution in [0.4, 0.5) is 5.13 Å². The maximum absolute atomic E-state index is 12.6. The quantitative estimate of drug-likeness (QED) is 0.594. The second kappa shape index (κ2) is 11.3. The summed E-state index contributed by atoms with van der Waals surface area (Å²) in [6.45, 7) is 5.74. The van der Waals surface area contributed by atoms with Gasteiger partial charge in [0, 0.05) is 31.6 Å². The van der Waals surface area contributed by atoms with E-state index in [-0.39, 0.29) is 18.4 Å². The number of hydrogen-bond acceptors (Lipinski definition) is 5. The Morgan fingerprint density at radius 2 is 2.15 bits per heavy atom. The fourth-order valence-corrected chi connectivity index (χ4v) is 4.03. The Hall–Kier alpha value is -1.47. The molecule has 26 heavy (non-hydrogen) atoms. The van der Waals surface area contributed by atoms with Crippen LogP contribution in [0.1, 0.15) is 57.6 Å². The third kappa shape index (κ3) is 7.41. The van der Waals surface area contributed by atoms with Gasteiger partial charge in [0.25, 0.3) is 0 Å². The molecule has 1 saturated carbocycles. The molecule has 2 rings (SSSR count). The monoisotopic (exact) mass is 381 g/mol. The molecule has 0 spiro atoms. The normalized spacial score (nSPS) is 14.5. The van der Waals surface area contributed by atoms with Crippen molar-refractivity contribution >= 4 is 28.3 Å². The van der Waals surface area contributed by atoms with Crippen molar-refractivity contribution in [3.63, 3.8) is 0 Å². The molecule has 0 atom stereocenters. The van der Waals surface area contributed by atoms with Gasteiger partial charge >= 0.3 is 0 Å². The number of nitrogens with one attached hydrogen (secondary N) is 1. The highest BCUT2D eigenvalue weighted by Gasteiger charge is 2.21. The van der Waals surface area contributed by atoms with E-state index in [1.165, 1.54) is 37.0 Å². The van der Waals surface area contributed by atoms with Gasteiger partial charge in [0.2, 0.25) is 11.8 Å². The van der Waals surface area contributed by atoms with Crippen LogP contribution in [0.2, 0.25) is 0 Å². The van der Waals surface area contributed by atoms with E-state index in [0.29, 0.717) is 37.2 Å². The summed E-state index contributed by atoms with van der Waals surface area (Å²) in [6.07, 6.45) is 7.26. The van der Waals surface area contributed by atoms with Gasteiger partial charge in [-0.25, -0.2) is 4.98 Å². The van der Waals surface area contributed by atoms with Crippen LogP contribution in [-0.2, 0) is 14.3 Å². The minimum atomic E-state index is -0.190. The van der Waals surface area contributed by atoms with E-state index in [1.54, 1.807) is 4.90 Å². The summed E-state index contributed by atoms with van der Waals surface area (Å²) in [5.41, 5.74) is 0.881. The molecule has 6 nitrogen and oxygen atoms in total. The molecule has 1 heterocycles. The maximum atomic E-state index is 12.6. The van der Waals surface area contributed by atoms with Gasteiger partial charge in [-0.2, -0.15) is 0 Å². The van der Waals surface area contributed by atoms with E-state index in [9.17, 15) is 9.59 Å². The Bertz CT molecular complexity index is 570. The smallest absolute Gasteiger partial charge is 0.245 e. The largest absolute Gasteiger partial charge is 0.382 e. The molecule has 2 amide bonds. The highest BCUT2D eigenvalue weighted by molar-refractivity contribution is 7.13. The zero-order chi connectivity index (χ0) is 18.8. The van der Waals surface area contributed by atoms with Gasteiger partial charge < -0.3 is 15.0 Å². The number of aryl methyl sites for hydroxylation is 1. The molecule has 0 radical (unpaired) electrons. The molecule has 146 valence electrons. The molecule has 0 bridgehead atoms. The maximum Gasteiger partial charge on any atom is 0.245 e. The van der Waals surface area contributed by atoms with Crippen LogP contribution in [0.5, 0.6) is 0 Å². The number of ether oxygens (including phenoxy) is 1. The summed E-state index contributed by atoms with van der Waals surface area (Å²) >= 11 is 1.40. The van der Waals surface area contributed by atoms with Crippen molar-refractivity contribution in [3.8, 4) is 0 Å². The lowest BCUT2D eigenvalue weighted by Crippen LogP contribution is -2.39. The second-order valence-corrected chi connectivity index (χ2v) is 7.76. The molecule has 0 aromatic carbocycles. The lowest BCUT2D eigenvalue weighted by molar-refractivity contribution is -0.135. The van der Waals surface area contributed by atoms with Crippen molar-refractivity contribution < 1.29 is 14.3 Å². The van der Waals surface area contributed by atoms with Crippen LogP contribution in [0.15, 0.2) is 5.38 Å². The zero-order valence-electron chi connectivity index (χ0n) is 16.0. The van der Waals surface area contributed by atoms with Crippen LogP contribution in [-0.4, -0.2) is 48.0 Å². The minimum absolute atomic E-state index is 0.0684. The summed E-state index contributed by atoms with van der Waals surface area (Å²) in [5, 5.41) is 5.26. The van der Waals surface area contributed by atoms with Gasteiger partial charge in [-0.15, -0.1) is 11.3 Å². The first-order valence-electron chi connectivity index (χ1n) is 9.66. The zero-order valence-corrected chi connectivity index (χ0v) is 16.8. The first-order chi connectivity index (χ1) is 12.6. The molecule has 0 unspecified atom stereocenters. The average molecular weight is 382 g/mol. The number of rotatable bonds is 11. The third-order valence-corrected chi connectivity index (χ3v) is 5.59. The molecule has 1 aromatic heterocycles. The Morgan fingerprint density at radius 1 is 1.38 bits per heavy atom. The van der Waals surface area contributed by atoms with Crippen molar-refractivity contribution in [2.24, 2.45) is 5.92 Å². The number of amides is 2. The average Bonchev–Trinajstić information content (AvgIpc) is 3.27. The van der Waals surface area contributed by atoms with Gasteiger partial charge in [0.1, 0.15) is 0 Å². The highest BCUT2D eigenvalue weighted by Crippen LogP contribution is 2.28. The molecule has 7 heteroatoms. The summed E-state index contributed by atoms with van der Waals surface area (Å²) in [6, 6.07) is 0. The summed E-state index contributed by atoms with van der Waals surface area (Å²) in [5.74, 6) is 0.556. The number of thiazole rings is 1.